The van der Waals surface area contributed by atoms with E-state index in [2.05, 4.69) is 0 Å². The second kappa shape index (κ2) is 3.70. The summed E-state index contributed by atoms with van der Waals surface area (Å²) in [6, 6.07) is 1.84. The summed E-state index contributed by atoms with van der Waals surface area (Å²) in [5.41, 5.74) is -1.46. The van der Waals surface area contributed by atoms with E-state index in [-0.39, 0.29) is 31.0 Å². The lowest BCUT2D eigenvalue weighted by Gasteiger charge is -2.20. The van der Waals surface area contributed by atoms with Crippen molar-refractivity contribution in [2.45, 2.75) is 6.18 Å². The third-order valence-corrected chi connectivity index (χ3v) is 2.15. The van der Waals surface area contributed by atoms with Crippen molar-refractivity contribution in [1.82, 2.24) is 0 Å². The number of benzene rings is 1. The summed E-state index contributed by atoms with van der Waals surface area (Å²) in [6.07, 6.45) is -4.42. The molecule has 0 bridgehead atoms. The first-order chi connectivity index (χ1) is 7.52. The van der Waals surface area contributed by atoms with Gasteiger partial charge in [0.05, 0.1) is 5.56 Å². The van der Waals surface area contributed by atoms with E-state index in [0.717, 1.165) is 12.1 Å². The predicted molar refractivity (Wildman–Crippen MR) is 47.8 cm³/mol. The zero-order chi connectivity index (χ0) is 11.8. The summed E-state index contributed by atoms with van der Waals surface area (Å²) < 4.78 is 47.8. The SMILES string of the molecule is O=Cc1cc2c(cc1C(F)(F)F)OCCO2. The van der Waals surface area contributed by atoms with Crippen molar-refractivity contribution in [3.05, 3.63) is 23.3 Å². The van der Waals surface area contributed by atoms with E-state index in [1.165, 1.54) is 0 Å². The predicted octanol–water partition coefficient (Wildman–Crippen LogP) is 2.29. The molecule has 1 heterocycles. The Kier molecular flexibility index (Phi) is 2.49. The highest BCUT2D eigenvalue weighted by molar-refractivity contribution is 5.79. The monoisotopic (exact) mass is 232 g/mol. The van der Waals surface area contributed by atoms with Crippen LogP contribution in [0.3, 0.4) is 0 Å². The van der Waals surface area contributed by atoms with Gasteiger partial charge in [-0.1, -0.05) is 0 Å². The van der Waals surface area contributed by atoms with Gasteiger partial charge >= 0.3 is 6.18 Å². The minimum Gasteiger partial charge on any atom is -0.486 e. The fourth-order valence-electron chi connectivity index (χ4n) is 1.45. The molecule has 1 aliphatic heterocycles. The van der Waals surface area contributed by atoms with E-state index in [1.54, 1.807) is 0 Å². The molecule has 0 fully saturated rings. The molecule has 16 heavy (non-hydrogen) atoms. The van der Waals surface area contributed by atoms with E-state index in [0.29, 0.717) is 0 Å². The topological polar surface area (TPSA) is 35.5 Å². The number of carbonyl (C=O) groups excluding carboxylic acids is 1. The number of halogens is 3. The van der Waals surface area contributed by atoms with Gasteiger partial charge in [-0.05, 0) is 12.1 Å². The zero-order valence-corrected chi connectivity index (χ0v) is 8.00. The molecule has 2 rings (SSSR count). The smallest absolute Gasteiger partial charge is 0.417 e. The van der Waals surface area contributed by atoms with Crippen LogP contribution in [0.4, 0.5) is 13.2 Å². The first-order valence-electron chi connectivity index (χ1n) is 4.48. The molecule has 0 atom stereocenters. The molecule has 0 saturated heterocycles. The summed E-state index contributed by atoms with van der Waals surface area (Å²) in [5, 5.41) is 0. The van der Waals surface area contributed by atoms with Crippen LogP contribution in [0, 0.1) is 0 Å². The van der Waals surface area contributed by atoms with Gasteiger partial charge < -0.3 is 9.47 Å². The number of alkyl halides is 3. The van der Waals surface area contributed by atoms with Gasteiger partial charge in [-0.3, -0.25) is 4.79 Å². The van der Waals surface area contributed by atoms with E-state index in [9.17, 15) is 18.0 Å². The van der Waals surface area contributed by atoms with Gasteiger partial charge in [-0.2, -0.15) is 13.2 Å². The molecule has 1 aromatic rings. The van der Waals surface area contributed by atoms with Crippen LogP contribution in [0.25, 0.3) is 0 Å². The molecular weight excluding hydrogens is 225 g/mol. The summed E-state index contributed by atoms with van der Waals surface area (Å²) >= 11 is 0. The molecule has 0 aromatic heterocycles. The van der Waals surface area contributed by atoms with Crippen molar-refractivity contribution in [3.8, 4) is 11.5 Å². The average molecular weight is 232 g/mol. The molecule has 0 aliphatic carbocycles. The molecule has 0 saturated carbocycles. The quantitative estimate of drug-likeness (QED) is 0.697. The molecule has 86 valence electrons. The van der Waals surface area contributed by atoms with Crippen molar-refractivity contribution in [2.75, 3.05) is 13.2 Å². The lowest BCUT2D eigenvalue weighted by molar-refractivity contribution is -0.138. The average Bonchev–Trinajstić information content (AvgIpc) is 2.26. The first-order valence-corrected chi connectivity index (χ1v) is 4.48. The second-order valence-electron chi connectivity index (χ2n) is 3.20. The standard InChI is InChI=1S/C10H7F3O3/c11-10(12,13)7-4-9-8(3-6(7)5-14)15-1-2-16-9/h3-5H,1-2H2. The summed E-state index contributed by atoms with van der Waals surface area (Å²) in [5.74, 6) is 0.186. The fraction of sp³-hybridized carbons (Fsp3) is 0.300. The Bertz CT molecular complexity index is 426. The van der Waals surface area contributed by atoms with Crippen molar-refractivity contribution in [1.29, 1.82) is 0 Å². The Morgan fingerprint density at radius 3 is 2.19 bits per heavy atom. The maximum atomic E-state index is 12.6. The molecular formula is C10H7F3O3. The summed E-state index contributed by atoms with van der Waals surface area (Å²) in [4.78, 5) is 10.6. The maximum absolute atomic E-state index is 12.6. The van der Waals surface area contributed by atoms with E-state index < -0.39 is 17.3 Å². The summed E-state index contributed by atoms with van der Waals surface area (Å²) in [7, 11) is 0. The molecule has 3 nitrogen and oxygen atoms in total. The van der Waals surface area contributed by atoms with Crippen LogP contribution in [-0.4, -0.2) is 19.5 Å². The Labute approximate surface area is 88.8 Å². The Morgan fingerprint density at radius 2 is 1.69 bits per heavy atom. The van der Waals surface area contributed by atoms with Crippen molar-refractivity contribution in [3.63, 3.8) is 0 Å². The van der Waals surface area contributed by atoms with Crippen LogP contribution < -0.4 is 9.47 Å². The molecule has 1 aromatic carbocycles. The molecule has 1 aliphatic rings. The third kappa shape index (κ3) is 1.82. The number of fused-ring (bicyclic) bond motifs is 1. The molecule has 0 amide bonds. The number of rotatable bonds is 1. The second-order valence-corrected chi connectivity index (χ2v) is 3.20. The minimum absolute atomic E-state index is 0.0178. The molecule has 0 unspecified atom stereocenters. The van der Waals surface area contributed by atoms with Gasteiger partial charge in [0.25, 0.3) is 0 Å². The molecule has 6 heteroatoms. The molecule has 0 spiro atoms. The van der Waals surface area contributed by atoms with Gasteiger partial charge in [0, 0.05) is 5.56 Å². The first kappa shape index (κ1) is 10.8. The molecule has 0 radical (unpaired) electrons. The fourth-order valence-corrected chi connectivity index (χ4v) is 1.45. The Balaban J connectivity index is 2.56. The number of ether oxygens (including phenoxy) is 2. The Morgan fingerprint density at radius 1 is 1.12 bits per heavy atom. The lowest BCUT2D eigenvalue weighted by atomic mass is 10.1. The number of aldehydes is 1. The van der Waals surface area contributed by atoms with Crippen LogP contribution in [0.15, 0.2) is 12.1 Å². The minimum atomic E-state index is -4.58. The highest BCUT2D eigenvalue weighted by Gasteiger charge is 2.35. The van der Waals surface area contributed by atoms with Crippen molar-refractivity contribution in [2.24, 2.45) is 0 Å². The van der Waals surface area contributed by atoms with Crippen LogP contribution in [0.2, 0.25) is 0 Å². The number of hydrogen-bond acceptors (Lipinski definition) is 3. The van der Waals surface area contributed by atoms with E-state index >= 15 is 0 Å². The van der Waals surface area contributed by atoms with Gasteiger partial charge in [0.1, 0.15) is 13.2 Å². The van der Waals surface area contributed by atoms with Crippen molar-refractivity contribution < 1.29 is 27.4 Å². The van der Waals surface area contributed by atoms with Gasteiger partial charge in [-0.25, -0.2) is 0 Å². The van der Waals surface area contributed by atoms with Crippen molar-refractivity contribution >= 4 is 6.29 Å². The lowest BCUT2D eigenvalue weighted by Crippen LogP contribution is -2.17. The van der Waals surface area contributed by atoms with E-state index in [1.807, 2.05) is 0 Å². The van der Waals surface area contributed by atoms with Crippen LogP contribution in [0.5, 0.6) is 11.5 Å². The zero-order valence-electron chi connectivity index (χ0n) is 8.00. The highest BCUT2D eigenvalue weighted by Crippen LogP contribution is 2.39. The highest BCUT2D eigenvalue weighted by atomic mass is 19.4. The van der Waals surface area contributed by atoms with E-state index in [4.69, 9.17) is 9.47 Å². The number of carbonyl (C=O) groups is 1. The normalized spacial score (nSPS) is 14.7. The summed E-state index contributed by atoms with van der Waals surface area (Å²) in [6.45, 7) is 0.460. The van der Waals surface area contributed by atoms with Crippen LogP contribution in [0.1, 0.15) is 15.9 Å². The third-order valence-electron chi connectivity index (χ3n) is 2.15. The van der Waals surface area contributed by atoms with Crippen LogP contribution >= 0.6 is 0 Å². The van der Waals surface area contributed by atoms with Crippen LogP contribution in [-0.2, 0) is 6.18 Å². The molecule has 0 N–H and O–H groups in total. The van der Waals surface area contributed by atoms with Gasteiger partial charge in [-0.15, -0.1) is 0 Å². The number of hydrogen-bond donors (Lipinski definition) is 0. The Hall–Kier alpha value is -1.72. The largest absolute Gasteiger partial charge is 0.486 e. The maximum Gasteiger partial charge on any atom is 0.417 e. The van der Waals surface area contributed by atoms with Gasteiger partial charge in [0.2, 0.25) is 0 Å². The van der Waals surface area contributed by atoms with Gasteiger partial charge in [0.15, 0.2) is 17.8 Å².